The number of methoxy groups -OCH3 is 1. The third kappa shape index (κ3) is 2.23. The van der Waals surface area contributed by atoms with Gasteiger partial charge in [0.1, 0.15) is 0 Å². The first-order valence-electron chi connectivity index (χ1n) is 6.46. The van der Waals surface area contributed by atoms with Crippen molar-refractivity contribution < 1.29 is 14.3 Å². The van der Waals surface area contributed by atoms with E-state index >= 15 is 0 Å². The van der Waals surface area contributed by atoms with Gasteiger partial charge in [0.05, 0.1) is 6.61 Å². The van der Waals surface area contributed by atoms with E-state index in [-0.39, 0.29) is 23.1 Å². The van der Waals surface area contributed by atoms with Crippen LogP contribution in [0.15, 0.2) is 0 Å². The fraction of sp³-hybridized carbons (Fsp3) is 0.846. The Balaban J connectivity index is 2.28. The Labute approximate surface area is 102 Å². The lowest BCUT2D eigenvalue weighted by Gasteiger charge is -2.42. The zero-order chi connectivity index (χ0) is 12.5. The van der Waals surface area contributed by atoms with Gasteiger partial charge >= 0.3 is 0 Å². The number of ether oxygens (including phenoxy) is 1. The highest BCUT2D eigenvalue weighted by atomic mass is 16.5. The maximum atomic E-state index is 12.0. The predicted molar refractivity (Wildman–Crippen MR) is 63.2 cm³/mol. The number of hydrogen-bond donors (Lipinski definition) is 1. The molecule has 4 nitrogen and oxygen atoms in total. The summed E-state index contributed by atoms with van der Waals surface area (Å²) in [5, 5.41) is 2.48. The molecule has 0 aromatic carbocycles. The van der Waals surface area contributed by atoms with Crippen molar-refractivity contribution >= 4 is 11.8 Å². The van der Waals surface area contributed by atoms with Gasteiger partial charge in [0, 0.05) is 24.9 Å². The van der Waals surface area contributed by atoms with Crippen molar-refractivity contribution in [2.45, 2.75) is 39.0 Å². The van der Waals surface area contributed by atoms with Crippen LogP contribution in [0.4, 0.5) is 0 Å². The first-order chi connectivity index (χ1) is 8.14. The average molecular weight is 239 g/mol. The lowest BCUT2D eigenvalue weighted by Crippen LogP contribution is -2.55. The van der Waals surface area contributed by atoms with E-state index in [0.29, 0.717) is 18.9 Å². The van der Waals surface area contributed by atoms with Crippen LogP contribution in [0.5, 0.6) is 0 Å². The third-order valence-electron chi connectivity index (χ3n) is 4.14. The van der Waals surface area contributed by atoms with Crippen LogP contribution in [0.25, 0.3) is 0 Å². The Morgan fingerprint density at radius 3 is 2.65 bits per heavy atom. The Bertz CT molecular complexity index is 325. The van der Waals surface area contributed by atoms with Crippen molar-refractivity contribution in [1.82, 2.24) is 5.32 Å². The molecule has 17 heavy (non-hydrogen) atoms. The van der Waals surface area contributed by atoms with Gasteiger partial charge in [-0.2, -0.15) is 0 Å². The monoisotopic (exact) mass is 239 g/mol. The number of imide groups is 1. The van der Waals surface area contributed by atoms with Gasteiger partial charge in [0.2, 0.25) is 11.8 Å². The molecule has 2 atom stereocenters. The smallest absolute Gasteiger partial charge is 0.230 e. The van der Waals surface area contributed by atoms with Crippen LogP contribution in [0.3, 0.4) is 0 Å². The summed E-state index contributed by atoms with van der Waals surface area (Å²) in [5.74, 6) is 0.213. The van der Waals surface area contributed by atoms with Crippen molar-refractivity contribution in [3.05, 3.63) is 0 Å². The fourth-order valence-electron chi connectivity index (χ4n) is 3.28. The molecule has 1 N–H and O–H groups in total. The Kier molecular flexibility index (Phi) is 3.52. The number of amides is 2. The van der Waals surface area contributed by atoms with Gasteiger partial charge in [-0.3, -0.25) is 14.9 Å². The topological polar surface area (TPSA) is 55.4 Å². The molecule has 1 saturated heterocycles. The van der Waals surface area contributed by atoms with Crippen molar-refractivity contribution in [3.8, 4) is 0 Å². The fourth-order valence-corrected chi connectivity index (χ4v) is 3.28. The highest BCUT2D eigenvalue weighted by Crippen LogP contribution is 2.54. The minimum Gasteiger partial charge on any atom is -0.384 e. The van der Waals surface area contributed by atoms with E-state index in [4.69, 9.17) is 4.74 Å². The first kappa shape index (κ1) is 12.6. The van der Waals surface area contributed by atoms with Crippen LogP contribution < -0.4 is 5.32 Å². The van der Waals surface area contributed by atoms with Gasteiger partial charge < -0.3 is 4.74 Å². The van der Waals surface area contributed by atoms with E-state index in [1.54, 1.807) is 7.11 Å². The van der Waals surface area contributed by atoms with Crippen LogP contribution in [-0.4, -0.2) is 25.5 Å². The summed E-state index contributed by atoms with van der Waals surface area (Å²) in [4.78, 5) is 23.7. The van der Waals surface area contributed by atoms with E-state index in [1.807, 2.05) is 0 Å². The molecule has 1 heterocycles. The summed E-state index contributed by atoms with van der Waals surface area (Å²) in [6.07, 6.45) is 4.51. The summed E-state index contributed by atoms with van der Waals surface area (Å²) < 4.78 is 5.33. The standard InChI is InChI=1S/C13H21NO3/c1-3-4-10-12(16)14-11(15)7-13(10,8-17-2)9-5-6-9/h9-10H,3-8H2,1-2H3,(H,14,15,16). The molecule has 0 aromatic heterocycles. The molecule has 0 spiro atoms. The van der Waals surface area contributed by atoms with Crippen LogP contribution >= 0.6 is 0 Å². The lowest BCUT2D eigenvalue weighted by atomic mass is 9.65. The van der Waals surface area contributed by atoms with Gasteiger partial charge in [-0.05, 0) is 25.2 Å². The Morgan fingerprint density at radius 2 is 2.12 bits per heavy atom. The quantitative estimate of drug-likeness (QED) is 0.740. The molecule has 2 fully saturated rings. The van der Waals surface area contributed by atoms with E-state index < -0.39 is 0 Å². The predicted octanol–water partition coefficient (Wildman–Crippen LogP) is 1.49. The number of piperidine rings is 1. The Hall–Kier alpha value is -0.900. The lowest BCUT2D eigenvalue weighted by molar-refractivity contribution is -0.148. The molecule has 1 aliphatic heterocycles. The summed E-state index contributed by atoms with van der Waals surface area (Å²) in [7, 11) is 1.66. The zero-order valence-electron chi connectivity index (χ0n) is 10.6. The first-order valence-corrected chi connectivity index (χ1v) is 6.46. The highest BCUT2D eigenvalue weighted by molar-refractivity contribution is 5.99. The summed E-state index contributed by atoms with van der Waals surface area (Å²) in [6, 6.07) is 0. The molecular formula is C13H21NO3. The van der Waals surface area contributed by atoms with E-state index in [1.165, 1.54) is 0 Å². The molecule has 2 unspecified atom stereocenters. The Morgan fingerprint density at radius 1 is 1.41 bits per heavy atom. The summed E-state index contributed by atoms with van der Waals surface area (Å²) >= 11 is 0. The maximum Gasteiger partial charge on any atom is 0.230 e. The highest BCUT2D eigenvalue weighted by Gasteiger charge is 2.55. The summed E-state index contributed by atoms with van der Waals surface area (Å²) in [6.45, 7) is 2.61. The number of carbonyl (C=O) groups excluding carboxylic acids is 2. The van der Waals surface area contributed by atoms with Gasteiger partial charge in [0.15, 0.2) is 0 Å². The van der Waals surface area contributed by atoms with Crippen LogP contribution in [0, 0.1) is 17.3 Å². The largest absolute Gasteiger partial charge is 0.384 e. The number of hydrogen-bond acceptors (Lipinski definition) is 3. The van der Waals surface area contributed by atoms with Crippen molar-refractivity contribution in [1.29, 1.82) is 0 Å². The van der Waals surface area contributed by atoms with Crippen LogP contribution in [0.2, 0.25) is 0 Å². The molecule has 0 radical (unpaired) electrons. The molecule has 96 valence electrons. The number of carbonyl (C=O) groups is 2. The number of nitrogens with one attached hydrogen (secondary N) is 1. The summed E-state index contributed by atoms with van der Waals surface area (Å²) in [5.41, 5.74) is -0.232. The van der Waals surface area contributed by atoms with Gasteiger partial charge in [-0.25, -0.2) is 0 Å². The molecular weight excluding hydrogens is 218 g/mol. The van der Waals surface area contributed by atoms with E-state index in [9.17, 15) is 9.59 Å². The second-order valence-corrected chi connectivity index (χ2v) is 5.37. The zero-order valence-corrected chi connectivity index (χ0v) is 10.6. The average Bonchev–Trinajstić information content (AvgIpc) is 3.07. The van der Waals surface area contributed by atoms with Crippen molar-refractivity contribution in [3.63, 3.8) is 0 Å². The SMILES string of the molecule is CCCC1C(=O)NC(=O)CC1(COC)C1CC1. The minimum atomic E-state index is -0.232. The molecule has 2 amide bonds. The normalized spacial score (nSPS) is 33.6. The molecule has 2 aliphatic rings. The van der Waals surface area contributed by atoms with Crippen molar-refractivity contribution in [2.75, 3.05) is 13.7 Å². The van der Waals surface area contributed by atoms with E-state index in [2.05, 4.69) is 12.2 Å². The molecule has 1 aliphatic carbocycles. The third-order valence-corrected chi connectivity index (χ3v) is 4.14. The molecule has 2 rings (SSSR count). The second-order valence-electron chi connectivity index (χ2n) is 5.37. The number of rotatable bonds is 5. The van der Waals surface area contributed by atoms with Crippen molar-refractivity contribution in [2.24, 2.45) is 17.3 Å². The maximum absolute atomic E-state index is 12.0. The van der Waals surface area contributed by atoms with Gasteiger partial charge in [-0.1, -0.05) is 13.3 Å². The van der Waals surface area contributed by atoms with Crippen LogP contribution in [0.1, 0.15) is 39.0 Å². The second kappa shape index (κ2) is 4.77. The minimum absolute atomic E-state index is 0.0577. The molecule has 0 bridgehead atoms. The van der Waals surface area contributed by atoms with E-state index in [0.717, 1.165) is 25.7 Å². The molecule has 1 saturated carbocycles. The van der Waals surface area contributed by atoms with Crippen LogP contribution in [-0.2, 0) is 14.3 Å². The van der Waals surface area contributed by atoms with Gasteiger partial charge in [0.25, 0.3) is 0 Å². The molecule has 0 aromatic rings. The molecule has 4 heteroatoms. The van der Waals surface area contributed by atoms with Gasteiger partial charge in [-0.15, -0.1) is 0 Å².